The molecular weight excluding hydrogens is 271 g/mol. The van der Waals surface area contributed by atoms with E-state index in [0.717, 1.165) is 0 Å². The molecule has 0 fully saturated rings. The van der Waals surface area contributed by atoms with E-state index in [1.54, 1.807) is 0 Å². The molecule has 0 aliphatic rings. The number of alkyl halides is 5. The number of unbranched alkanes of at least 4 members (excludes halogenated alkanes) is 3. The Kier molecular flexibility index (Phi) is 6.77. The van der Waals surface area contributed by atoms with E-state index in [1.165, 1.54) is 0 Å². The highest BCUT2D eigenvalue weighted by Crippen LogP contribution is 2.39. The van der Waals surface area contributed by atoms with E-state index in [4.69, 9.17) is 4.43 Å². The second kappa shape index (κ2) is 6.84. The molecule has 0 heterocycles. The van der Waals surface area contributed by atoms with Gasteiger partial charge in [0, 0.05) is 13.0 Å². The average molecular weight is 292 g/mol. The minimum Gasteiger partial charge on any atom is -0.418 e. The second-order valence-electron chi connectivity index (χ2n) is 5.33. The fourth-order valence-electron chi connectivity index (χ4n) is 1.32. The summed E-state index contributed by atoms with van der Waals surface area (Å²) in [5.41, 5.74) is 0. The third-order valence-corrected chi connectivity index (χ3v) is 3.41. The van der Waals surface area contributed by atoms with Crippen LogP contribution in [0.2, 0.25) is 19.6 Å². The third kappa shape index (κ3) is 8.02. The molecular formula is C11H21F5OSi. The quantitative estimate of drug-likeness (QED) is 0.348. The Morgan fingerprint density at radius 2 is 1.33 bits per heavy atom. The molecule has 1 nitrogen and oxygen atoms in total. The minimum atomic E-state index is -5.42. The van der Waals surface area contributed by atoms with Gasteiger partial charge in [-0.3, -0.25) is 0 Å². The van der Waals surface area contributed by atoms with Gasteiger partial charge in [-0.2, -0.15) is 22.0 Å². The molecule has 0 saturated heterocycles. The summed E-state index contributed by atoms with van der Waals surface area (Å²) in [7, 11) is -1.55. The maximum Gasteiger partial charge on any atom is 0.453 e. The normalized spacial score (nSPS) is 14.0. The van der Waals surface area contributed by atoms with Crippen LogP contribution in [0.4, 0.5) is 22.0 Å². The van der Waals surface area contributed by atoms with Crippen molar-refractivity contribution >= 4 is 8.32 Å². The number of hydrogen-bond acceptors (Lipinski definition) is 1. The van der Waals surface area contributed by atoms with Gasteiger partial charge in [-0.25, -0.2) is 0 Å². The largest absolute Gasteiger partial charge is 0.453 e. The van der Waals surface area contributed by atoms with Gasteiger partial charge in [0.1, 0.15) is 0 Å². The fourth-order valence-corrected chi connectivity index (χ4v) is 2.08. The highest BCUT2D eigenvalue weighted by atomic mass is 28.4. The van der Waals surface area contributed by atoms with Crippen molar-refractivity contribution in [3.63, 3.8) is 0 Å². The molecule has 0 rings (SSSR count). The monoisotopic (exact) mass is 292 g/mol. The van der Waals surface area contributed by atoms with Crippen molar-refractivity contribution < 1.29 is 26.4 Å². The maximum atomic E-state index is 12.5. The molecule has 0 aromatic heterocycles. The zero-order valence-electron chi connectivity index (χ0n) is 11.0. The molecule has 0 N–H and O–H groups in total. The van der Waals surface area contributed by atoms with Crippen LogP contribution in [-0.4, -0.2) is 27.0 Å². The van der Waals surface area contributed by atoms with E-state index in [-0.39, 0.29) is 6.42 Å². The van der Waals surface area contributed by atoms with Crippen molar-refractivity contribution in [2.45, 2.75) is 63.8 Å². The fraction of sp³-hybridized carbons (Fsp3) is 1.00. The van der Waals surface area contributed by atoms with Gasteiger partial charge in [0.2, 0.25) is 0 Å². The molecule has 0 amide bonds. The van der Waals surface area contributed by atoms with Gasteiger partial charge in [0.05, 0.1) is 0 Å². The molecule has 7 heteroatoms. The maximum absolute atomic E-state index is 12.5. The standard InChI is InChI=1S/C11H21F5OSi/c1-18(2,3)17-9-7-5-4-6-8-10(12,13)11(14,15)16/h4-9H2,1-3H3. The van der Waals surface area contributed by atoms with Crippen LogP contribution >= 0.6 is 0 Å². The van der Waals surface area contributed by atoms with Gasteiger partial charge in [-0.05, 0) is 32.5 Å². The van der Waals surface area contributed by atoms with Gasteiger partial charge >= 0.3 is 12.1 Å². The molecule has 0 aromatic carbocycles. The Bertz CT molecular complexity index is 235. The molecule has 0 aliphatic carbocycles. The Labute approximate surface area is 106 Å². The predicted octanol–water partition coefficient (Wildman–Crippen LogP) is 4.99. The summed E-state index contributed by atoms with van der Waals surface area (Å²) in [4.78, 5) is 0. The van der Waals surface area contributed by atoms with E-state index in [2.05, 4.69) is 0 Å². The molecule has 0 atom stereocenters. The highest BCUT2D eigenvalue weighted by Gasteiger charge is 2.56. The van der Waals surface area contributed by atoms with Crippen molar-refractivity contribution in [1.82, 2.24) is 0 Å². The van der Waals surface area contributed by atoms with Crippen LogP contribution in [0.3, 0.4) is 0 Å². The predicted molar refractivity (Wildman–Crippen MR) is 63.4 cm³/mol. The molecule has 110 valence electrons. The van der Waals surface area contributed by atoms with Crippen LogP contribution in [0.25, 0.3) is 0 Å². The first-order valence-electron chi connectivity index (χ1n) is 6.04. The van der Waals surface area contributed by atoms with Crippen LogP contribution < -0.4 is 0 Å². The van der Waals surface area contributed by atoms with Crippen molar-refractivity contribution in [3.8, 4) is 0 Å². The van der Waals surface area contributed by atoms with Crippen LogP contribution in [0, 0.1) is 0 Å². The lowest BCUT2D eigenvalue weighted by Gasteiger charge is -2.19. The first-order chi connectivity index (χ1) is 7.96. The molecule has 0 radical (unpaired) electrons. The SMILES string of the molecule is C[Si](C)(C)OCCCCCCC(F)(F)C(F)(F)F. The lowest BCUT2D eigenvalue weighted by atomic mass is 10.1. The zero-order chi connectivity index (χ0) is 14.4. The summed E-state index contributed by atoms with van der Waals surface area (Å²) in [6.07, 6.45) is -4.94. The first-order valence-corrected chi connectivity index (χ1v) is 9.45. The molecule has 0 saturated carbocycles. The minimum absolute atomic E-state index is 0.112. The third-order valence-electron chi connectivity index (χ3n) is 2.33. The van der Waals surface area contributed by atoms with Crippen molar-refractivity contribution in [2.75, 3.05) is 6.61 Å². The Morgan fingerprint density at radius 3 is 1.78 bits per heavy atom. The topological polar surface area (TPSA) is 9.23 Å². The molecule has 0 bridgehead atoms. The smallest absolute Gasteiger partial charge is 0.418 e. The van der Waals surface area contributed by atoms with Crippen LogP contribution in [0.1, 0.15) is 32.1 Å². The van der Waals surface area contributed by atoms with Crippen molar-refractivity contribution in [1.29, 1.82) is 0 Å². The van der Waals surface area contributed by atoms with Crippen LogP contribution in [-0.2, 0) is 4.43 Å². The van der Waals surface area contributed by atoms with Gasteiger partial charge in [0.15, 0.2) is 8.32 Å². The summed E-state index contributed by atoms with van der Waals surface area (Å²) < 4.78 is 66.1. The van der Waals surface area contributed by atoms with Gasteiger partial charge in [-0.15, -0.1) is 0 Å². The van der Waals surface area contributed by atoms with Gasteiger partial charge in [-0.1, -0.05) is 12.8 Å². The Balaban J connectivity index is 3.58. The molecule has 0 aliphatic heterocycles. The van der Waals surface area contributed by atoms with E-state index in [1.807, 2.05) is 19.6 Å². The first kappa shape index (κ1) is 17.8. The average Bonchev–Trinajstić information content (AvgIpc) is 2.12. The molecule has 0 unspecified atom stereocenters. The summed E-state index contributed by atoms with van der Waals surface area (Å²) >= 11 is 0. The number of halogens is 5. The Morgan fingerprint density at radius 1 is 0.833 bits per heavy atom. The zero-order valence-corrected chi connectivity index (χ0v) is 12.0. The van der Waals surface area contributed by atoms with E-state index >= 15 is 0 Å². The van der Waals surface area contributed by atoms with Crippen LogP contribution in [0.5, 0.6) is 0 Å². The van der Waals surface area contributed by atoms with Gasteiger partial charge < -0.3 is 4.43 Å². The van der Waals surface area contributed by atoms with Crippen molar-refractivity contribution in [2.24, 2.45) is 0 Å². The Hall–Kier alpha value is -0.173. The number of hydrogen-bond donors (Lipinski definition) is 0. The lowest BCUT2D eigenvalue weighted by Crippen LogP contribution is -2.36. The van der Waals surface area contributed by atoms with E-state index in [0.29, 0.717) is 25.9 Å². The molecule has 0 spiro atoms. The van der Waals surface area contributed by atoms with Crippen LogP contribution in [0.15, 0.2) is 0 Å². The van der Waals surface area contributed by atoms with E-state index < -0.39 is 26.8 Å². The number of rotatable bonds is 8. The summed E-state index contributed by atoms with van der Waals surface area (Å²) in [6, 6.07) is 0. The lowest BCUT2D eigenvalue weighted by molar-refractivity contribution is -0.284. The summed E-state index contributed by atoms with van der Waals surface area (Å²) in [5, 5.41) is 0. The molecule has 18 heavy (non-hydrogen) atoms. The second-order valence-corrected chi connectivity index (χ2v) is 9.84. The molecule has 0 aromatic rings. The van der Waals surface area contributed by atoms with Crippen molar-refractivity contribution in [3.05, 3.63) is 0 Å². The summed E-state index contributed by atoms with van der Waals surface area (Å²) in [6.45, 7) is 6.68. The van der Waals surface area contributed by atoms with E-state index in [9.17, 15) is 22.0 Å². The highest BCUT2D eigenvalue weighted by molar-refractivity contribution is 6.69. The van der Waals surface area contributed by atoms with Gasteiger partial charge in [0.25, 0.3) is 0 Å². The summed E-state index contributed by atoms with van der Waals surface area (Å²) in [5.74, 6) is -4.55.